The van der Waals surface area contributed by atoms with Crippen molar-refractivity contribution >= 4 is 75.8 Å². The number of hydrazone groups is 1. The first-order valence-electron chi connectivity index (χ1n) is 8.38. The molecule has 3 aromatic carbocycles. The van der Waals surface area contributed by atoms with E-state index in [4.69, 9.17) is 4.74 Å². The lowest BCUT2D eigenvalue weighted by Gasteiger charge is -2.11. The Morgan fingerprint density at radius 3 is 2.24 bits per heavy atom. The summed E-state index contributed by atoms with van der Waals surface area (Å²) < 4.78 is 9.23. The molecule has 0 saturated carbocycles. The van der Waals surface area contributed by atoms with E-state index >= 15 is 0 Å². The average Bonchev–Trinajstić information content (AvgIpc) is 2.69. The molecule has 1 N–H and O–H groups in total. The summed E-state index contributed by atoms with van der Waals surface area (Å²) in [5.41, 5.74) is 4.91. The second-order valence-corrected chi connectivity index (χ2v) is 9.39. The molecule has 0 bridgehead atoms. The standard InChI is InChI=1S/C21H14Br4N2O2/c22-15-7-5-13(6-8-15)12-29-20-18(24)9-14(10-19(20)25)11-26-27-21(28)16-3-1-2-4-17(16)23/h1-11H,12H2,(H,27,28)/b26-11+. The van der Waals surface area contributed by atoms with Crippen LogP contribution in [0.15, 0.2) is 83.7 Å². The molecular formula is C21H14Br4N2O2. The average molecular weight is 646 g/mol. The number of halogens is 4. The Morgan fingerprint density at radius 2 is 1.59 bits per heavy atom. The van der Waals surface area contributed by atoms with E-state index in [0.717, 1.165) is 24.5 Å². The van der Waals surface area contributed by atoms with Crippen molar-refractivity contribution in [2.75, 3.05) is 0 Å². The minimum Gasteiger partial charge on any atom is -0.487 e. The molecule has 1 amide bonds. The highest BCUT2D eigenvalue weighted by molar-refractivity contribution is 9.11. The molecule has 0 aromatic heterocycles. The Balaban J connectivity index is 1.65. The SMILES string of the molecule is O=C(N/N=C/c1cc(Br)c(OCc2ccc(Br)cc2)c(Br)c1)c1ccccc1Br. The number of benzene rings is 3. The number of amides is 1. The molecule has 0 aliphatic rings. The van der Waals surface area contributed by atoms with E-state index in [2.05, 4.69) is 74.2 Å². The summed E-state index contributed by atoms with van der Waals surface area (Å²) in [7, 11) is 0. The molecule has 0 unspecified atom stereocenters. The minimum absolute atomic E-state index is 0.290. The number of carbonyl (C=O) groups excluding carboxylic acids is 1. The number of ether oxygens (including phenoxy) is 1. The van der Waals surface area contributed by atoms with E-state index in [1.54, 1.807) is 24.4 Å². The largest absolute Gasteiger partial charge is 0.487 e. The second kappa shape index (κ2) is 10.5. The fourth-order valence-corrected chi connectivity index (χ4v) is 4.58. The summed E-state index contributed by atoms with van der Waals surface area (Å²) in [4.78, 5) is 12.2. The quantitative estimate of drug-likeness (QED) is 0.230. The molecule has 3 aromatic rings. The zero-order chi connectivity index (χ0) is 20.8. The smallest absolute Gasteiger partial charge is 0.272 e. The van der Waals surface area contributed by atoms with E-state index in [9.17, 15) is 4.79 Å². The molecule has 29 heavy (non-hydrogen) atoms. The van der Waals surface area contributed by atoms with Gasteiger partial charge in [0, 0.05) is 8.95 Å². The summed E-state index contributed by atoms with van der Waals surface area (Å²) in [5.74, 6) is 0.406. The Bertz CT molecular complexity index is 1030. The lowest BCUT2D eigenvalue weighted by atomic mass is 10.2. The molecule has 0 fully saturated rings. The monoisotopic (exact) mass is 642 g/mol. The molecule has 3 rings (SSSR count). The molecule has 0 radical (unpaired) electrons. The van der Waals surface area contributed by atoms with Gasteiger partial charge in [0.15, 0.2) is 0 Å². The van der Waals surface area contributed by atoms with Crippen LogP contribution in [0.1, 0.15) is 21.5 Å². The van der Waals surface area contributed by atoms with Crippen LogP contribution in [0.4, 0.5) is 0 Å². The zero-order valence-corrected chi connectivity index (χ0v) is 21.2. The Morgan fingerprint density at radius 1 is 0.931 bits per heavy atom. The molecule has 0 aliphatic carbocycles. The summed E-state index contributed by atoms with van der Waals surface area (Å²) >= 11 is 13.8. The maximum Gasteiger partial charge on any atom is 0.272 e. The molecule has 148 valence electrons. The van der Waals surface area contributed by atoms with Crippen LogP contribution >= 0.6 is 63.7 Å². The summed E-state index contributed by atoms with van der Waals surface area (Å²) in [6.45, 7) is 0.444. The summed E-state index contributed by atoms with van der Waals surface area (Å²) in [5, 5.41) is 4.04. The van der Waals surface area contributed by atoms with Gasteiger partial charge >= 0.3 is 0 Å². The third kappa shape index (κ3) is 6.25. The minimum atomic E-state index is -0.290. The Kier molecular flexibility index (Phi) is 8.06. The maximum atomic E-state index is 12.2. The van der Waals surface area contributed by atoms with Crippen LogP contribution in [-0.2, 0) is 6.61 Å². The van der Waals surface area contributed by atoms with E-state index in [1.165, 1.54) is 0 Å². The van der Waals surface area contributed by atoms with Gasteiger partial charge in [0.2, 0.25) is 0 Å². The highest BCUT2D eigenvalue weighted by atomic mass is 79.9. The van der Waals surface area contributed by atoms with Crippen molar-refractivity contribution in [2.45, 2.75) is 6.61 Å². The van der Waals surface area contributed by atoms with Gasteiger partial charge in [-0.05, 0) is 95.3 Å². The van der Waals surface area contributed by atoms with Gasteiger partial charge in [-0.2, -0.15) is 5.10 Å². The second-order valence-electron chi connectivity index (χ2n) is 5.91. The third-order valence-corrected chi connectivity index (χ3v) is 6.21. The van der Waals surface area contributed by atoms with Crippen LogP contribution in [0.2, 0.25) is 0 Å². The lowest BCUT2D eigenvalue weighted by Crippen LogP contribution is -2.18. The predicted molar refractivity (Wildman–Crippen MR) is 130 cm³/mol. The summed E-state index contributed by atoms with van der Waals surface area (Å²) in [6.07, 6.45) is 1.57. The predicted octanol–water partition coefficient (Wildman–Crippen LogP) is 7.08. The van der Waals surface area contributed by atoms with Gasteiger partial charge in [0.25, 0.3) is 5.91 Å². The molecule has 0 saturated heterocycles. The maximum absolute atomic E-state index is 12.2. The van der Waals surface area contributed by atoms with Crippen molar-refractivity contribution < 1.29 is 9.53 Å². The first-order valence-corrected chi connectivity index (χ1v) is 11.6. The Hall–Kier alpha value is -1.48. The fraction of sp³-hybridized carbons (Fsp3) is 0.0476. The number of nitrogens with zero attached hydrogens (tertiary/aromatic N) is 1. The van der Waals surface area contributed by atoms with E-state index in [1.807, 2.05) is 42.5 Å². The normalized spacial score (nSPS) is 10.9. The molecule has 4 nitrogen and oxygen atoms in total. The highest BCUT2D eigenvalue weighted by Crippen LogP contribution is 2.35. The number of hydrogen-bond acceptors (Lipinski definition) is 3. The van der Waals surface area contributed by atoms with Crippen LogP contribution in [0, 0.1) is 0 Å². The van der Waals surface area contributed by atoms with E-state index in [0.29, 0.717) is 22.4 Å². The lowest BCUT2D eigenvalue weighted by molar-refractivity contribution is 0.0954. The van der Waals surface area contributed by atoms with Crippen molar-refractivity contribution in [2.24, 2.45) is 5.10 Å². The number of nitrogens with one attached hydrogen (secondary N) is 1. The highest BCUT2D eigenvalue weighted by Gasteiger charge is 2.10. The fourth-order valence-electron chi connectivity index (χ4n) is 2.40. The van der Waals surface area contributed by atoms with E-state index < -0.39 is 0 Å². The van der Waals surface area contributed by atoms with Crippen molar-refractivity contribution in [3.05, 3.63) is 95.2 Å². The Labute approximate surface area is 202 Å². The zero-order valence-electron chi connectivity index (χ0n) is 14.8. The van der Waals surface area contributed by atoms with Gasteiger partial charge in [-0.3, -0.25) is 4.79 Å². The van der Waals surface area contributed by atoms with Gasteiger partial charge in [0.05, 0.1) is 20.7 Å². The van der Waals surface area contributed by atoms with Gasteiger partial charge in [-0.15, -0.1) is 0 Å². The number of carbonyl (C=O) groups is 1. The third-order valence-electron chi connectivity index (χ3n) is 3.82. The first kappa shape index (κ1) is 22.2. The molecule has 0 heterocycles. The number of hydrogen-bond donors (Lipinski definition) is 1. The van der Waals surface area contributed by atoms with Gasteiger partial charge in [0.1, 0.15) is 12.4 Å². The van der Waals surface area contributed by atoms with Crippen molar-refractivity contribution in [1.82, 2.24) is 5.43 Å². The van der Waals surface area contributed by atoms with Crippen LogP contribution < -0.4 is 10.2 Å². The van der Waals surface area contributed by atoms with Crippen LogP contribution in [0.3, 0.4) is 0 Å². The molecule has 8 heteroatoms. The summed E-state index contributed by atoms with van der Waals surface area (Å²) in [6, 6.07) is 18.9. The van der Waals surface area contributed by atoms with Gasteiger partial charge < -0.3 is 4.74 Å². The van der Waals surface area contributed by atoms with Crippen molar-refractivity contribution in [1.29, 1.82) is 0 Å². The topological polar surface area (TPSA) is 50.7 Å². The molecular weight excluding hydrogens is 632 g/mol. The molecule has 0 aliphatic heterocycles. The molecule has 0 spiro atoms. The van der Waals surface area contributed by atoms with Crippen molar-refractivity contribution in [3.8, 4) is 5.75 Å². The molecule has 0 atom stereocenters. The number of rotatable bonds is 6. The van der Waals surface area contributed by atoms with Crippen molar-refractivity contribution in [3.63, 3.8) is 0 Å². The van der Waals surface area contributed by atoms with Gasteiger partial charge in [-0.1, -0.05) is 40.2 Å². The van der Waals surface area contributed by atoms with E-state index in [-0.39, 0.29) is 5.91 Å². The van der Waals surface area contributed by atoms with Crippen LogP contribution in [-0.4, -0.2) is 12.1 Å². The van der Waals surface area contributed by atoms with Gasteiger partial charge in [-0.25, -0.2) is 5.43 Å². The van der Waals surface area contributed by atoms with Crippen LogP contribution in [0.25, 0.3) is 0 Å². The van der Waals surface area contributed by atoms with Crippen LogP contribution in [0.5, 0.6) is 5.75 Å². The first-order chi connectivity index (χ1) is 13.9.